The Morgan fingerprint density at radius 3 is 2.47 bits per heavy atom. The molecule has 1 aromatic heterocycles. The molecule has 3 atom stereocenters. The first-order valence-corrected chi connectivity index (χ1v) is 13.4. The van der Waals surface area contributed by atoms with Crippen LogP contribution in [0.15, 0.2) is 24.3 Å². The molecular formula is C28H44N4O4. The second kappa shape index (κ2) is 13.7. The van der Waals surface area contributed by atoms with Crippen molar-refractivity contribution < 1.29 is 19.4 Å². The Labute approximate surface area is 215 Å². The van der Waals surface area contributed by atoms with E-state index in [1.54, 1.807) is 14.2 Å². The number of hydrogen-bond acceptors (Lipinski definition) is 6. The molecule has 0 saturated heterocycles. The highest BCUT2D eigenvalue weighted by Gasteiger charge is 2.25. The predicted molar refractivity (Wildman–Crippen MR) is 142 cm³/mol. The number of hydrogen-bond donors (Lipinski definition) is 3. The summed E-state index contributed by atoms with van der Waals surface area (Å²) in [5, 5.41) is 19.2. The quantitative estimate of drug-likeness (QED) is 0.321. The van der Waals surface area contributed by atoms with E-state index in [9.17, 15) is 9.90 Å². The highest BCUT2D eigenvalue weighted by atomic mass is 16.5. The van der Waals surface area contributed by atoms with Crippen LogP contribution in [0.3, 0.4) is 0 Å². The molecule has 3 rings (SSSR count). The van der Waals surface area contributed by atoms with E-state index in [1.165, 1.54) is 32.1 Å². The van der Waals surface area contributed by atoms with Crippen LogP contribution in [0.4, 0.5) is 0 Å². The van der Waals surface area contributed by atoms with Crippen molar-refractivity contribution in [1.29, 1.82) is 0 Å². The Balaban J connectivity index is 1.86. The standard InChI is InChI=1S/C28H44N4O4/c1-5-19(2)18-32-23(27-24(35-3)12-9-13-25(27)36-4)17-22(31-32)28(34)30-21(16-26(29)33)15-14-20-10-7-6-8-11-20/h9,12-13,17,19-21,28,30,34H,5-8,10-11,14-16,18H2,1-4H3,(H2,29,33)/t19?,21-,28?/m0/s1. The van der Waals surface area contributed by atoms with Crippen molar-refractivity contribution in [3.05, 3.63) is 30.0 Å². The summed E-state index contributed by atoms with van der Waals surface area (Å²) in [6, 6.07) is 7.34. The van der Waals surface area contributed by atoms with Gasteiger partial charge in [-0.05, 0) is 42.9 Å². The van der Waals surface area contributed by atoms with Crippen LogP contribution < -0.4 is 20.5 Å². The van der Waals surface area contributed by atoms with Crippen molar-refractivity contribution in [3.8, 4) is 22.8 Å². The van der Waals surface area contributed by atoms with Gasteiger partial charge in [0.15, 0.2) is 0 Å². The van der Waals surface area contributed by atoms with Crippen LogP contribution in [0.25, 0.3) is 11.3 Å². The zero-order chi connectivity index (χ0) is 26.1. The third kappa shape index (κ3) is 7.46. The second-order valence-electron chi connectivity index (χ2n) is 10.2. The number of carbonyl (C=O) groups is 1. The zero-order valence-corrected chi connectivity index (χ0v) is 22.3. The lowest BCUT2D eigenvalue weighted by molar-refractivity contribution is -0.118. The minimum absolute atomic E-state index is 0.185. The molecule has 2 aromatic rings. The predicted octanol–water partition coefficient (Wildman–Crippen LogP) is 4.80. The first-order chi connectivity index (χ1) is 17.4. The molecule has 1 aliphatic rings. The van der Waals surface area contributed by atoms with Crippen LogP contribution in [0.1, 0.15) is 83.6 Å². The number of carbonyl (C=O) groups excluding carboxylic acids is 1. The van der Waals surface area contributed by atoms with E-state index in [0.29, 0.717) is 35.6 Å². The lowest BCUT2D eigenvalue weighted by atomic mass is 9.85. The molecule has 200 valence electrons. The van der Waals surface area contributed by atoms with Gasteiger partial charge in [-0.15, -0.1) is 0 Å². The van der Waals surface area contributed by atoms with E-state index >= 15 is 0 Å². The van der Waals surface area contributed by atoms with Gasteiger partial charge in [0.05, 0.1) is 25.5 Å². The SMILES string of the molecule is CCC(C)Cn1nc(C(O)N[C@@H](CCC2CCCCC2)CC(N)=O)cc1-c1c(OC)cccc1OC. The third-order valence-corrected chi connectivity index (χ3v) is 7.43. The fourth-order valence-corrected chi connectivity index (χ4v) is 5.15. The lowest BCUT2D eigenvalue weighted by Crippen LogP contribution is -2.37. The van der Waals surface area contributed by atoms with Gasteiger partial charge in [0, 0.05) is 19.0 Å². The number of aliphatic hydroxyl groups is 1. The highest BCUT2D eigenvalue weighted by Crippen LogP contribution is 2.39. The van der Waals surface area contributed by atoms with Crippen molar-refractivity contribution in [2.75, 3.05) is 14.2 Å². The fourth-order valence-electron chi connectivity index (χ4n) is 5.15. The summed E-state index contributed by atoms with van der Waals surface area (Å²) in [4.78, 5) is 11.8. The summed E-state index contributed by atoms with van der Waals surface area (Å²) in [5.74, 6) is 2.05. The van der Waals surface area contributed by atoms with E-state index in [2.05, 4.69) is 19.2 Å². The van der Waals surface area contributed by atoms with Crippen molar-refractivity contribution in [1.82, 2.24) is 15.1 Å². The van der Waals surface area contributed by atoms with Gasteiger partial charge in [0.1, 0.15) is 23.4 Å². The first kappa shape index (κ1) is 28.0. The second-order valence-corrected chi connectivity index (χ2v) is 10.2. The Hall–Kier alpha value is -2.58. The molecule has 0 spiro atoms. The number of aromatic nitrogens is 2. The topological polar surface area (TPSA) is 112 Å². The number of benzene rings is 1. The molecule has 2 unspecified atom stereocenters. The number of rotatable bonds is 14. The summed E-state index contributed by atoms with van der Waals surface area (Å²) >= 11 is 0. The van der Waals surface area contributed by atoms with Crippen LogP contribution in [0.2, 0.25) is 0 Å². The average molecular weight is 501 g/mol. The van der Waals surface area contributed by atoms with Crippen molar-refractivity contribution in [2.45, 2.75) is 90.4 Å². The summed E-state index contributed by atoms with van der Waals surface area (Å²) < 4.78 is 13.2. The van der Waals surface area contributed by atoms with Crippen molar-refractivity contribution in [2.24, 2.45) is 17.6 Å². The summed E-state index contributed by atoms with van der Waals surface area (Å²) in [7, 11) is 3.26. The molecule has 1 fully saturated rings. The van der Waals surface area contributed by atoms with E-state index < -0.39 is 6.23 Å². The molecule has 4 N–H and O–H groups in total. The van der Waals surface area contributed by atoms with Gasteiger partial charge in [0.2, 0.25) is 5.91 Å². The van der Waals surface area contributed by atoms with Crippen LogP contribution in [-0.2, 0) is 11.3 Å². The molecule has 0 aliphatic heterocycles. The van der Waals surface area contributed by atoms with Gasteiger partial charge in [0.25, 0.3) is 0 Å². The molecule has 1 aromatic carbocycles. The summed E-state index contributed by atoms with van der Waals surface area (Å²) in [6.45, 7) is 5.01. The highest BCUT2D eigenvalue weighted by molar-refractivity contribution is 5.75. The van der Waals surface area contributed by atoms with Gasteiger partial charge < -0.3 is 20.3 Å². The number of amides is 1. The number of aliphatic hydroxyl groups excluding tert-OH is 1. The Kier molecular flexibility index (Phi) is 10.6. The van der Waals surface area contributed by atoms with Crippen LogP contribution in [-0.4, -0.2) is 41.1 Å². The average Bonchev–Trinajstić information content (AvgIpc) is 3.30. The Bertz CT molecular complexity index is 948. The zero-order valence-electron chi connectivity index (χ0n) is 22.3. The molecule has 0 bridgehead atoms. The summed E-state index contributed by atoms with van der Waals surface area (Å²) in [5.41, 5.74) is 7.65. The van der Waals surface area contributed by atoms with Crippen molar-refractivity contribution >= 4 is 5.91 Å². The Morgan fingerprint density at radius 2 is 1.89 bits per heavy atom. The van der Waals surface area contributed by atoms with Crippen LogP contribution >= 0.6 is 0 Å². The maximum Gasteiger partial charge on any atom is 0.218 e. The fraction of sp³-hybridized carbons (Fsp3) is 0.643. The molecule has 8 heteroatoms. The maximum atomic E-state index is 11.8. The smallest absolute Gasteiger partial charge is 0.218 e. The van der Waals surface area contributed by atoms with Crippen LogP contribution in [0.5, 0.6) is 11.5 Å². The molecular weight excluding hydrogens is 456 g/mol. The third-order valence-electron chi connectivity index (χ3n) is 7.43. The maximum absolute atomic E-state index is 11.8. The van der Waals surface area contributed by atoms with Crippen LogP contribution in [0, 0.1) is 11.8 Å². The number of primary amides is 1. The number of methoxy groups -OCH3 is 2. The molecule has 1 aliphatic carbocycles. The number of nitrogens with two attached hydrogens (primary N) is 1. The first-order valence-electron chi connectivity index (χ1n) is 13.4. The van der Waals surface area contributed by atoms with Gasteiger partial charge in [-0.1, -0.05) is 58.4 Å². The van der Waals surface area contributed by atoms with Gasteiger partial charge in [-0.2, -0.15) is 5.10 Å². The molecule has 8 nitrogen and oxygen atoms in total. The van der Waals surface area contributed by atoms with E-state index in [-0.39, 0.29) is 18.4 Å². The minimum atomic E-state index is -1.03. The molecule has 1 heterocycles. The van der Waals surface area contributed by atoms with E-state index in [0.717, 1.165) is 30.5 Å². The van der Waals surface area contributed by atoms with E-state index in [4.69, 9.17) is 20.3 Å². The number of nitrogens with zero attached hydrogens (tertiary/aromatic N) is 2. The monoisotopic (exact) mass is 500 g/mol. The van der Waals surface area contributed by atoms with Crippen molar-refractivity contribution in [3.63, 3.8) is 0 Å². The Morgan fingerprint density at radius 1 is 1.22 bits per heavy atom. The van der Waals surface area contributed by atoms with Gasteiger partial charge in [-0.25, -0.2) is 0 Å². The summed E-state index contributed by atoms with van der Waals surface area (Å²) in [6.07, 6.45) is 8.36. The molecule has 1 saturated carbocycles. The molecule has 1 amide bonds. The lowest BCUT2D eigenvalue weighted by Gasteiger charge is -2.25. The number of ether oxygens (including phenoxy) is 2. The normalized spacial score (nSPS) is 16.9. The van der Waals surface area contributed by atoms with Gasteiger partial charge in [-0.3, -0.25) is 14.8 Å². The van der Waals surface area contributed by atoms with Gasteiger partial charge >= 0.3 is 0 Å². The van der Waals surface area contributed by atoms with E-state index in [1.807, 2.05) is 28.9 Å². The largest absolute Gasteiger partial charge is 0.496 e. The number of nitrogens with one attached hydrogen (secondary N) is 1. The minimum Gasteiger partial charge on any atom is -0.496 e. The molecule has 36 heavy (non-hydrogen) atoms. The molecule has 0 radical (unpaired) electrons.